The molecule has 0 amide bonds. The Bertz CT molecular complexity index is 405. The number of aliphatic carboxylic acids is 1. The highest BCUT2D eigenvalue weighted by atomic mass is 16.4. The second-order valence-electron chi connectivity index (χ2n) is 5.30. The Balaban J connectivity index is 1.61. The summed E-state index contributed by atoms with van der Waals surface area (Å²) >= 11 is 0. The lowest BCUT2D eigenvalue weighted by Gasteiger charge is -2.51. The number of hydrogen-bond donors (Lipinski definition) is 1. The highest BCUT2D eigenvalue weighted by molar-refractivity contribution is 5.72. The molecule has 0 radical (unpaired) electrons. The van der Waals surface area contributed by atoms with E-state index in [0.717, 1.165) is 26.1 Å². The molecule has 0 aromatic heterocycles. The van der Waals surface area contributed by atoms with Crippen LogP contribution in [0.2, 0.25) is 0 Å². The molecule has 2 heterocycles. The van der Waals surface area contributed by atoms with Gasteiger partial charge in [-0.15, -0.1) is 0 Å². The number of benzene rings is 1. The third kappa shape index (κ3) is 1.95. The van der Waals surface area contributed by atoms with Crippen molar-refractivity contribution in [2.24, 2.45) is 17.8 Å². The molecule has 1 aromatic carbocycles. The first-order chi connectivity index (χ1) is 8.24. The van der Waals surface area contributed by atoms with E-state index in [-0.39, 0.29) is 5.92 Å². The number of carboxylic acids is 1. The van der Waals surface area contributed by atoms with Crippen LogP contribution in [0.3, 0.4) is 0 Å². The Labute approximate surface area is 101 Å². The molecular formula is C14H17NO2. The van der Waals surface area contributed by atoms with E-state index in [2.05, 4.69) is 29.2 Å². The number of piperidine rings is 2. The second-order valence-corrected chi connectivity index (χ2v) is 5.30. The molecule has 3 heteroatoms. The van der Waals surface area contributed by atoms with Crippen LogP contribution in [0, 0.1) is 17.8 Å². The van der Waals surface area contributed by atoms with Gasteiger partial charge < -0.3 is 5.11 Å². The molecule has 3 aliphatic rings. The summed E-state index contributed by atoms with van der Waals surface area (Å²) in [6.45, 7) is 2.85. The quantitative estimate of drug-likeness (QED) is 0.863. The lowest BCUT2D eigenvalue weighted by Crippen LogP contribution is -2.57. The Morgan fingerprint density at radius 1 is 1.24 bits per heavy atom. The predicted molar refractivity (Wildman–Crippen MR) is 64.4 cm³/mol. The zero-order valence-corrected chi connectivity index (χ0v) is 9.75. The van der Waals surface area contributed by atoms with Crippen LogP contribution in [-0.4, -0.2) is 29.1 Å². The van der Waals surface area contributed by atoms with E-state index in [4.69, 9.17) is 5.11 Å². The van der Waals surface area contributed by atoms with E-state index in [1.54, 1.807) is 0 Å². The zero-order valence-electron chi connectivity index (χ0n) is 9.75. The Morgan fingerprint density at radius 2 is 1.88 bits per heavy atom. The summed E-state index contributed by atoms with van der Waals surface area (Å²) in [5.41, 5.74) is 1.32. The van der Waals surface area contributed by atoms with Crippen LogP contribution in [0.1, 0.15) is 12.0 Å². The van der Waals surface area contributed by atoms with E-state index >= 15 is 0 Å². The predicted octanol–water partition coefficient (Wildman–Crippen LogP) is 1.84. The Kier molecular flexibility index (Phi) is 2.63. The zero-order chi connectivity index (χ0) is 11.8. The number of hydrogen-bond acceptors (Lipinski definition) is 2. The van der Waals surface area contributed by atoms with E-state index in [1.165, 1.54) is 5.56 Å². The first kappa shape index (κ1) is 10.8. The fourth-order valence-corrected chi connectivity index (χ4v) is 3.36. The van der Waals surface area contributed by atoms with Gasteiger partial charge >= 0.3 is 5.97 Å². The number of fused-ring (bicyclic) bond motifs is 2. The van der Waals surface area contributed by atoms with Crippen molar-refractivity contribution in [2.75, 3.05) is 13.1 Å². The molecule has 0 unspecified atom stereocenters. The van der Waals surface area contributed by atoms with Crippen LogP contribution >= 0.6 is 0 Å². The minimum absolute atomic E-state index is 0.0676. The van der Waals surface area contributed by atoms with Crippen LogP contribution in [0.5, 0.6) is 0 Å². The van der Waals surface area contributed by atoms with E-state index in [1.807, 2.05) is 6.07 Å². The van der Waals surface area contributed by atoms with Crippen molar-refractivity contribution in [3.8, 4) is 0 Å². The van der Waals surface area contributed by atoms with Gasteiger partial charge in [-0.25, -0.2) is 0 Å². The van der Waals surface area contributed by atoms with Crippen molar-refractivity contribution in [3.63, 3.8) is 0 Å². The first-order valence-electron chi connectivity index (χ1n) is 6.23. The third-order valence-electron chi connectivity index (χ3n) is 4.14. The van der Waals surface area contributed by atoms with Crippen molar-refractivity contribution in [1.82, 2.24) is 4.90 Å². The molecule has 2 bridgehead atoms. The van der Waals surface area contributed by atoms with Crippen LogP contribution in [0.25, 0.3) is 0 Å². The van der Waals surface area contributed by atoms with Gasteiger partial charge in [0.1, 0.15) is 0 Å². The summed E-state index contributed by atoms with van der Waals surface area (Å²) in [5.74, 6) is 0.109. The average Bonchev–Trinajstić information content (AvgIpc) is 2.29. The smallest absolute Gasteiger partial charge is 0.307 e. The second kappa shape index (κ2) is 4.15. The van der Waals surface area contributed by atoms with Crippen molar-refractivity contribution in [3.05, 3.63) is 35.9 Å². The van der Waals surface area contributed by atoms with E-state index in [0.29, 0.717) is 11.8 Å². The fraction of sp³-hybridized carbons (Fsp3) is 0.500. The van der Waals surface area contributed by atoms with Crippen LogP contribution in [0.15, 0.2) is 30.3 Å². The maximum Gasteiger partial charge on any atom is 0.307 e. The van der Waals surface area contributed by atoms with Crippen molar-refractivity contribution in [1.29, 1.82) is 0 Å². The summed E-state index contributed by atoms with van der Waals surface area (Å²) in [6, 6.07) is 10.4. The summed E-state index contributed by atoms with van der Waals surface area (Å²) in [5, 5.41) is 9.10. The number of carbonyl (C=O) groups is 1. The molecule has 4 rings (SSSR count). The standard InChI is InChI=1S/C14H17NO2/c16-14(17)13-11-6-12(13)9-15(8-11)7-10-4-2-1-3-5-10/h1-5,11-13H,6-9H2,(H,16,17)/t11-,12-/m1/s1. The lowest BCUT2D eigenvalue weighted by molar-refractivity contribution is -0.159. The summed E-state index contributed by atoms with van der Waals surface area (Å²) in [6.07, 6.45) is 1.11. The highest BCUT2D eigenvalue weighted by Gasteiger charge is 2.50. The van der Waals surface area contributed by atoms with E-state index < -0.39 is 5.97 Å². The minimum Gasteiger partial charge on any atom is -0.481 e. The molecule has 1 saturated carbocycles. The van der Waals surface area contributed by atoms with Gasteiger partial charge in [0.25, 0.3) is 0 Å². The molecule has 90 valence electrons. The van der Waals surface area contributed by atoms with E-state index in [9.17, 15) is 4.79 Å². The minimum atomic E-state index is -0.592. The largest absolute Gasteiger partial charge is 0.481 e. The molecule has 3 fully saturated rings. The van der Waals surface area contributed by atoms with Gasteiger partial charge in [-0.1, -0.05) is 30.3 Å². The van der Waals surface area contributed by atoms with Gasteiger partial charge in [-0.2, -0.15) is 0 Å². The monoisotopic (exact) mass is 231 g/mol. The van der Waals surface area contributed by atoms with Crippen LogP contribution in [-0.2, 0) is 11.3 Å². The normalized spacial score (nSPS) is 31.9. The summed E-state index contributed by atoms with van der Waals surface area (Å²) in [7, 11) is 0. The topological polar surface area (TPSA) is 40.5 Å². The van der Waals surface area contributed by atoms with Crippen molar-refractivity contribution < 1.29 is 9.90 Å². The molecule has 2 aliphatic heterocycles. The van der Waals surface area contributed by atoms with Gasteiger partial charge in [-0.3, -0.25) is 9.69 Å². The lowest BCUT2D eigenvalue weighted by atomic mass is 9.61. The molecular weight excluding hydrogens is 214 g/mol. The van der Waals surface area contributed by atoms with Gasteiger partial charge in [0.05, 0.1) is 5.92 Å². The Morgan fingerprint density at radius 3 is 2.47 bits per heavy atom. The van der Waals surface area contributed by atoms with Gasteiger partial charge in [-0.05, 0) is 23.8 Å². The maximum absolute atomic E-state index is 11.0. The molecule has 1 N–H and O–H groups in total. The van der Waals surface area contributed by atoms with Gasteiger partial charge in [0, 0.05) is 19.6 Å². The van der Waals surface area contributed by atoms with Crippen molar-refractivity contribution >= 4 is 5.97 Å². The molecule has 2 saturated heterocycles. The first-order valence-corrected chi connectivity index (χ1v) is 6.23. The van der Waals surface area contributed by atoms with Crippen molar-refractivity contribution in [2.45, 2.75) is 13.0 Å². The molecule has 1 aliphatic carbocycles. The molecule has 2 atom stereocenters. The molecule has 17 heavy (non-hydrogen) atoms. The Hall–Kier alpha value is -1.35. The number of carboxylic acid groups (broad SMARTS) is 1. The fourth-order valence-electron chi connectivity index (χ4n) is 3.36. The summed E-state index contributed by atoms with van der Waals surface area (Å²) < 4.78 is 0. The number of nitrogens with zero attached hydrogens (tertiary/aromatic N) is 1. The van der Waals surface area contributed by atoms with Crippen LogP contribution < -0.4 is 0 Å². The third-order valence-corrected chi connectivity index (χ3v) is 4.14. The molecule has 3 nitrogen and oxygen atoms in total. The highest BCUT2D eigenvalue weighted by Crippen LogP contribution is 2.45. The molecule has 0 spiro atoms. The summed E-state index contributed by atoms with van der Waals surface area (Å²) in [4.78, 5) is 13.4. The van der Waals surface area contributed by atoms with Gasteiger partial charge in [0.15, 0.2) is 0 Å². The molecule has 1 aromatic rings. The van der Waals surface area contributed by atoms with Crippen LogP contribution in [0.4, 0.5) is 0 Å². The SMILES string of the molecule is O=C(O)C1[C@@H]2C[C@@H]1CN(Cc1ccccc1)C2. The average molecular weight is 231 g/mol. The number of rotatable bonds is 3. The maximum atomic E-state index is 11.0. The van der Waals surface area contributed by atoms with Gasteiger partial charge in [0.2, 0.25) is 0 Å².